The highest BCUT2D eigenvalue weighted by Crippen LogP contribution is 2.18. The van der Waals surface area contributed by atoms with Crippen LogP contribution in [0, 0.1) is 6.92 Å². The van der Waals surface area contributed by atoms with Crippen LogP contribution < -0.4 is 11.1 Å². The lowest BCUT2D eigenvalue weighted by atomic mass is 10.2. The van der Waals surface area contributed by atoms with E-state index in [-0.39, 0.29) is 23.3 Å². The summed E-state index contributed by atoms with van der Waals surface area (Å²) in [5, 5.41) is 6.92. The monoisotopic (exact) mass is 296 g/mol. The fraction of sp³-hybridized carbons (Fsp3) is 0.643. The van der Waals surface area contributed by atoms with Crippen molar-refractivity contribution in [3.63, 3.8) is 0 Å². The number of carbonyl (C=O) groups is 2. The van der Waals surface area contributed by atoms with Crippen LogP contribution >= 0.6 is 0 Å². The lowest BCUT2D eigenvalue weighted by Gasteiger charge is -2.17. The fourth-order valence-corrected chi connectivity index (χ4v) is 1.77. The van der Waals surface area contributed by atoms with Gasteiger partial charge in [0.15, 0.2) is 11.8 Å². The van der Waals surface area contributed by atoms with Crippen LogP contribution in [-0.4, -0.2) is 33.8 Å². The summed E-state index contributed by atoms with van der Waals surface area (Å²) in [5.41, 5.74) is 6.90. The van der Waals surface area contributed by atoms with E-state index in [0.29, 0.717) is 12.2 Å². The van der Waals surface area contributed by atoms with Crippen LogP contribution in [0.2, 0.25) is 0 Å². The van der Waals surface area contributed by atoms with Gasteiger partial charge in [-0.25, -0.2) is 4.79 Å². The molecule has 0 aliphatic rings. The van der Waals surface area contributed by atoms with Crippen LogP contribution in [-0.2, 0) is 16.1 Å². The van der Waals surface area contributed by atoms with Crippen LogP contribution in [0.25, 0.3) is 0 Å². The molecule has 21 heavy (non-hydrogen) atoms. The minimum absolute atomic E-state index is 0.0344. The van der Waals surface area contributed by atoms with Gasteiger partial charge in [0.05, 0.1) is 11.4 Å². The van der Waals surface area contributed by atoms with Gasteiger partial charge in [-0.3, -0.25) is 9.48 Å². The number of hydrogen-bond acceptors (Lipinski definition) is 5. The lowest BCUT2D eigenvalue weighted by Crippen LogP contribution is -2.40. The molecule has 118 valence electrons. The second-order valence-corrected chi connectivity index (χ2v) is 5.03. The Hall–Kier alpha value is -2.05. The molecule has 2 unspecified atom stereocenters. The summed E-state index contributed by atoms with van der Waals surface area (Å²) in [6.07, 6.45) is -0.0763. The molecule has 7 nitrogen and oxygen atoms in total. The molecule has 1 aromatic rings. The number of esters is 1. The van der Waals surface area contributed by atoms with Gasteiger partial charge in [-0.05, 0) is 34.1 Å². The van der Waals surface area contributed by atoms with Gasteiger partial charge in [0, 0.05) is 12.6 Å². The van der Waals surface area contributed by atoms with Crippen molar-refractivity contribution in [1.82, 2.24) is 15.1 Å². The van der Waals surface area contributed by atoms with Gasteiger partial charge < -0.3 is 15.8 Å². The number of carbonyl (C=O) groups excluding carboxylic acids is 2. The Balaban J connectivity index is 2.79. The first-order chi connectivity index (χ1) is 9.81. The van der Waals surface area contributed by atoms with Crippen molar-refractivity contribution < 1.29 is 14.3 Å². The molecule has 0 spiro atoms. The average molecular weight is 296 g/mol. The molecule has 0 aliphatic heterocycles. The molecule has 1 rings (SSSR count). The first-order valence-electron chi connectivity index (χ1n) is 7.15. The standard InChI is InChI=1S/C14H24N4O3/c1-6-8(3)16-13(19)10(5)21-14(20)12-11(15)9(4)17-18(12)7-2/h8,10H,6-7,15H2,1-5H3,(H,16,19). The number of aryl methyl sites for hydroxylation is 2. The zero-order valence-electron chi connectivity index (χ0n) is 13.3. The van der Waals surface area contributed by atoms with E-state index in [1.54, 1.807) is 6.92 Å². The number of hydrogen-bond donors (Lipinski definition) is 2. The average Bonchev–Trinajstić information content (AvgIpc) is 2.73. The Labute approximate surface area is 124 Å². The Morgan fingerprint density at radius 1 is 1.38 bits per heavy atom. The maximum Gasteiger partial charge on any atom is 0.359 e. The predicted molar refractivity (Wildman–Crippen MR) is 79.8 cm³/mol. The predicted octanol–water partition coefficient (Wildman–Crippen LogP) is 1.25. The van der Waals surface area contributed by atoms with Crippen LogP contribution in [0.4, 0.5) is 5.69 Å². The van der Waals surface area contributed by atoms with Crippen molar-refractivity contribution in [3.8, 4) is 0 Å². The van der Waals surface area contributed by atoms with Gasteiger partial charge in [-0.1, -0.05) is 6.92 Å². The van der Waals surface area contributed by atoms with Crippen molar-refractivity contribution >= 4 is 17.6 Å². The van der Waals surface area contributed by atoms with Crippen LogP contribution in [0.1, 0.15) is 50.3 Å². The van der Waals surface area contributed by atoms with E-state index in [4.69, 9.17) is 10.5 Å². The normalized spacial score (nSPS) is 13.6. The number of nitrogen functional groups attached to an aromatic ring is 1. The van der Waals surface area contributed by atoms with Crippen molar-refractivity contribution in [2.75, 3.05) is 5.73 Å². The zero-order valence-corrected chi connectivity index (χ0v) is 13.3. The van der Waals surface area contributed by atoms with E-state index in [1.165, 1.54) is 11.6 Å². The second-order valence-electron chi connectivity index (χ2n) is 5.03. The number of anilines is 1. The topological polar surface area (TPSA) is 99.2 Å². The molecule has 1 amide bonds. The maximum atomic E-state index is 12.2. The summed E-state index contributed by atoms with van der Waals surface area (Å²) in [6.45, 7) is 9.45. The number of ether oxygens (including phenoxy) is 1. The fourth-order valence-electron chi connectivity index (χ4n) is 1.77. The van der Waals surface area contributed by atoms with E-state index in [0.717, 1.165) is 6.42 Å². The third-order valence-corrected chi connectivity index (χ3v) is 3.32. The molecule has 7 heteroatoms. The van der Waals surface area contributed by atoms with Gasteiger partial charge in [0.2, 0.25) is 0 Å². The van der Waals surface area contributed by atoms with E-state index >= 15 is 0 Å². The lowest BCUT2D eigenvalue weighted by molar-refractivity contribution is -0.129. The smallest absolute Gasteiger partial charge is 0.359 e. The van der Waals surface area contributed by atoms with Crippen molar-refractivity contribution in [1.29, 1.82) is 0 Å². The Morgan fingerprint density at radius 2 is 2.00 bits per heavy atom. The van der Waals surface area contributed by atoms with Crippen molar-refractivity contribution in [2.24, 2.45) is 0 Å². The summed E-state index contributed by atoms with van der Waals surface area (Å²) in [4.78, 5) is 24.1. The summed E-state index contributed by atoms with van der Waals surface area (Å²) in [6, 6.07) is 0.0344. The third-order valence-electron chi connectivity index (χ3n) is 3.32. The largest absolute Gasteiger partial charge is 0.448 e. The molecule has 0 bridgehead atoms. The number of amides is 1. The van der Waals surface area contributed by atoms with Gasteiger partial charge in [0.25, 0.3) is 5.91 Å². The maximum absolute atomic E-state index is 12.2. The molecule has 0 saturated carbocycles. The first-order valence-corrected chi connectivity index (χ1v) is 7.15. The molecule has 0 saturated heterocycles. The summed E-state index contributed by atoms with van der Waals surface area (Å²) >= 11 is 0. The van der Waals surface area contributed by atoms with E-state index < -0.39 is 12.1 Å². The molecule has 1 aromatic heterocycles. The summed E-state index contributed by atoms with van der Waals surface area (Å²) in [5.74, 6) is -0.961. The molecular weight excluding hydrogens is 272 g/mol. The van der Waals surface area contributed by atoms with Crippen molar-refractivity contribution in [2.45, 2.75) is 59.7 Å². The molecule has 0 aliphatic carbocycles. The second kappa shape index (κ2) is 7.10. The Morgan fingerprint density at radius 3 is 2.52 bits per heavy atom. The number of nitrogens with zero attached hydrogens (tertiary/aromatic N) is 2. The highest BCUT2D eigenvalue weighted by atomic mass is 16.5. The van der Waals surface area contributed by atoms with Gasteiger partial charge in [0.1, 0.15) is 0 Å². The Kier molecular flexibility index (Phi) is 5.75. The number of nitrogens with two attached hydrogens (primary N) is 1. The minimum Gasteiger partial charge on any atom is -0.448 e. The third kappa shape index (κ3) is 3.96. The summed E-state index contributed by atoms with van der Waals surface area (Å²) < 4.78 is 6.67. The molecule has 1 heterocycles. The molecular formula is C14H24N4O3. The van der Waals surface area contributed by atoms with Gasteiger partial charge >= 0.3 is 5.97 Å². The molecule has 2 atom stereocenters. The highest BCUT2D eigenvalue weighted by Gasteiger charge is 2.25. The first kappa shape index (κ1) is 17.0. The Bertz CT molecular complexity index is 525. The zero-order chi connectivity index (χ0) is 16.2. The van der Waals surface area contributed by atoms with E-state index in [9.17, 15) is 9.59 Å². The molecule has 3 N–H and O–H groups in total. The quantitative estimate of drug-likeness (QED) is 0.770. The van der Waals surface area contributed by atoms with Gasteiger partial charge in [-0.2, -0.15) is 5.10 Å². The number of aromatic nitrogens is 2. The van der Waals surface area contributed by atoms with Crippen LogP contribution in [0.15, 0.2) is 0 Å². The number of rotatable bonds is 6. The van der Waals surface area contributed by atoms with Crippen LogP contribution in [0.3, 0.4) is 0 Å². The number of nitrogens with one attached hydrogen (secondary N) is 1. The van der Waals surface area contributed by atoms with E-state index in [1.807, 2.05) is 20.8 Å². The highest BCUT2D eigenvalue weighted by molar-refractivity contribution is 5.95. The molecule has 0 fully saturated rings. The molecule has 0 aromatic carbocycles. The summed E-state index contributed by atoms with van der Waals surface area (Å²) in [7, 11) is 0. The van der Waals surface area contributed by atoms with Crippen molar-refractivity contribution in [3.05, 3.63) is 11.4 Å². The minimum atomic E-state index is -0.883. The van der Waals surface area contributed by atoms with Crippen LogP contribution in [0.5, 0.6) is 0 Å². The SMILES string of the molecule is CCC(C)NC(=O)C(C)OC(=O)c1c(N)c(C)nn1CC. The van der Waals surface area contributed by atoms with Gasteiger partial charge in [-0.15, -0.1) is 0 Å². The molecule has 0 radical (unpaired) electrons. The van der Waals surface area contributed by atoms with E-state index in [2.05, 4.69) is 10.4 Å².